The molecule has 0 fully saturated rings. The summed E-state index contributed by atoms with van der Waals surface area (Å²) >= 11 is 0. The highest BCUT2D eigenvalue weighted by atomic mass is 16.5. The van der Waals surface area contributed by atoms with E-state index in [1.807, 2.05) is 18.2 Å². The van der Waals surface area contributed by atoms with E-state index in [4.69, 9.17) is 4.74 Å². The summed E-state index contributed by atoms with van der Waals surface area (Å²) < 4.78 is 9.82. The maximum Gasteiger partial charge on any atom is 0.305 e. The minimum absolute atomic E-state index is 0.226. The topological polar surface area (TPSA) is 64.2 Å². The molecule has 5 nitrogen and oxygen atoms in total. The van der Waals surface area contributed by atoms with Gasteiger partial charge in [0.25, 0.3) is 0 Å². The van der Waals surface area contributed by atoms with Gasteiger partial charge in [0.2, 0.25) is 0 Å². The number of H-pyrrole nitrogens is 1. The first-order valence-corrected chi connectivity index (χ1v) is 5.33. The van der Waals surface area contributed by atoms with Crippen LogP contribution in [0.3, 0.4) is 0 Å². The average molecular weight is 234 g/mol. The normalized spacial score (nSPS) is 10.5. The maximum absolute atomic E-state index is 11.1. The molecule has 0 unspecified atom stereocenters. The number of aromatic nitrogens is 2. The summed E-state index contributed by atoms with van der Waals surface area (Å²) in [5.41, 5.74) is 1.71. The monoisotopic (exact) mass is 234 g/mol. The number of methoxy groups -OCH3 is 2. The number of aromatic amines is 1. The molecule has 1 aromatic heterocycles. The second-order valence-corrected chi connectivity index (χ2v) is 3.63. The van der Waals surface area contributed by atoms with Crippen molar-refractivity contribution in [2.24, 2.45) is 0 Å². The highest BCUT2D eigenvalue weighted by Crippen LogP contribution is 2.25. The van der Waals surface area contributed by atoms with Crippen molar-refractivity contribution in [2.75, 3.05) is 14.2 Å². The van der Waals surface area contributed by atoms with Crippen LogP contribution in [0.1, 0.15) is 12.1 Å². The largest absolute Gasteiger partial charge is 0.494 e. The molecule has 1 N–H and O–H groups in total. The van der Waals surface area contributed by atoms with Crippen LogP contribution in [0.4, 0.5) is 0 Å². The molecule has 0 saturated heterocycles. The molecule has 1 heterocycles. The summed E-state index contributed by atoms with van der Waals surface area (Å²) in [4.78, 5) is 11.1. The van der Waals surface area contributed by atoms with Crippen LogP contribution in [0.25, 0.3) is 10.9 Å². The summed E-state index contributed by atoms with van der Waals surface area (Å²) in [6, 6.07) is 5.71. The van der Waals surface area contributed by atoms with Gasteiger partial charge in [-0.1, -0.05) is 12.1 Å². The van der Waals surface area contributed by atoms with E-state index < -0.39 is 0 Å². The van der Waals surface area contributed by atoms with Gasteiger partial charge in [0.1, 0.15) is 11.3 Å². The fourth-order valence-electron chi connectivity index (χ4n) is 1.75. The molecule has 0 atom stereocenters. The fraction of sp³-hybridized carbons (Fsp3) is 0.333. The van der Waals surface area contributed by atoms with Crippen molar-refractivity contribution in [3.63, 3.8) is 0 Å². The molecular weight excluding hydrogens is 220 g/mol. The van der Waals surface area contributed by atoms with Gasteiger partial charge in [-0.3, -0.25) is 9.89 Å². The first-order valence-electron chi connectivity index (χ1n) is 5.33. The number of esters is 1. The van der Waals surface area contributed by atoms with E-state index in [2.05, 4.69) is 14.9 Å². The quantitative estimate of drug-likeness (QED) is 0.817. The molecule has 5 heteroatoms. The van der Waals surface area contributed by atoms with E-state index in [1.165, 1.54) is 7.11 Å². The Morgan fingerprint density at radius 2 is 2.24 bits per heavy atom. The van der Waals surface area contributed by atoms with Crippen molar-refractivity contribution in [2.45, 2.75) is 12.8 Å². The minimum atomic E-state index is -0.226. The van der Waals surface area contributed by atoms with Crippen LogP contribution in [0.15, 0.2) is 18.2 Å². The number of aryl methyl sites for hydroxylation is 1. The lowest BCUT2D eigenvalue weighted by atomic mass is 10.1. The Morgan fingerprint density at radius 1 is 1.41 bits per heavy atom. The summed E-state index contributed by atoms with van der Waals surface area (Å²) in [5.74, 6) is 0.499. The molecule has 2 aromatic rings. The van der Waals surface area contributed by atoms with Gasteiger partial charge >= 0.3 is 5.97 Å². The molecule has 0 bridgehead atoms. The summed E-state index contributed by atoms with van der Waals surface area (Å²) in [6.45, 7) is 0. The maximum atomic E-state index is 11.1. The first-order chi connectivity index (χ1) is 8.26. The lowest BCUT2D eigenvalue weighted by molar-refractivity contribution is -0.140. The second-order valence-electron chi connectivity index (χ2n) is 3.63. The number of nitrogens with zero attached hydrogens (tertiary/aromatic N) is 1. The Balaban J connectivity index is 2.27. The van der Waals surface area contributed by atoms with Crippen LogP contribution in [0.5, 0.6) is 5.75 Å². The smallest absolute Gasteiger partial charge is 0.305 e. The Labute approximate surface area is 98.7 Å². The lowest BCUT2D eigenvalue weighted by Crippen LogP contribution is -2.02. The van der Waals surface area contributed by atoms with Gasteiger partial charge in [-0.15, -0.1) is 0 Å². The van der Waals surface area contributed by atoms with Crippen molar-refractivity contribution in [3.05, 3.63) is 23.9 Å². The van der Waals surface area contributed by atoms with Crippen molar-refractivity contribution in [3.8, 4) is 5.75 Å². The molecule has 90 valence electrons. The van der Waals surface area contributed by atoms with E-state index >= 15 is 0 Å². The summed E-state index contributed by atoms with van der Waals surface area (Å²) in [5, 5.41) is 8.10. The average Bonchev–Trinajstić information content (AvgIpc) is 2.78. The minimum Gasteiger partial charge on any atom is -0.494 e. The molecule has 0 radical (unpaired) electrons. The molecule has 17 heavy (non-hydrogen) atoms. The predicted octanol–water partition coefficient (Wildman–Crippen LogP) is 1.68. The molecule has 0 amide bonds. The molecule has 0 spiro atoms. The van der Waals surface area contributed by atoms with Crippen LogP contribution in [0.2, 0.25) is 0 Å². The number of nitrogens with one attached hydrogen (secondary N) is 1. The summed E-state index contributed by atoms with van der Waals surface area (Å²) in [7, 11) is 2.99. The molecule has 1 aromatic carbocycles. The van der Waals surface area contributed by atoms with Gasteiger partial charge in [-0.05, 0) is 6.07 Å². The Bertz CT molecular complexity index is 534. The van der Waals surface area contributed by atoms with Gasteiger partial charge in [-0.2, -0.15) is 5.10 Å². The fourth-order valence-corrected chi connectivity index (χ4v) is 1.75. The highest BCUT2D eigenvalue weighted by molar-refractivity contribution is 5.87. The molecular formula is C12H14N2O3. The molecule has 0 aliphatic heterocycles. The third kappa shape index (κ3) is 2.22. The zero-order valence-corrected chi connectivity index (χ0v) is 9.82. The van der Waals surface area contributed by atoms with E-state index in [0.29, 0.717) is 12.8 Å². The predicted molar refractivity (Wildman–Crippen MR) is 63.0 cm³/mol. The molecule has 0 aliphatic rings. The van der Waals surface area contributed by atoms with Crippen LogP contribution < -0.4 is 4.74 Å². The van der Waals surface area contributed by atoms with E-state index in [9.17, 15) is 4.79 Å². The third-order valence-corrected chi connectivity index (χ3v) is 2.65. The highest BCUT2D eigenvalue weighted by Gasteiger charge is 2.10. The van der Waals surface area contributed by atoms with Crippen molar-refractivity contribution < 1.29 is 14.3 Å². The molecule has 0 aliphatic carbocycles. The zero-order valence-electron chi connectivity index (χ0n) is 9.82. The zero-order chi connectivity index (χ0) is 12.3. The van der Waals surface area contributed by atoms with Gasteiger partial charge in [0.05, 0.1) is 20.6 Å². The van der Waals surface area contributed by atoms with Crippen LogP contribution >= 0.6 is 0 Å². The lowest BCUT2D eigenvalue weighted by Gasteiger charge is -2.00. The van der Waals surface area contributed by atoms with Gasteiger partial charge in [0, 0.05) is 17.5 Å². The standard InChI is InChI=1S/C12H14N2O3/c1-16-10-5-3-4-8-9(13-14-12(8)10)6-7-11(15)17-2/h3-5H,6-7H2,1-2H3,(H,13,14). The van der Waals surface area contributed by atoms with E-state index in [-0.39, 0.29) is 5.97 Å². The Morgan fingerprint density at radius 3 is 2.94 bits per heavy atom. The number of hydrogen-bond acceptors (Lipinski definition) is 4. The number of benzene rings is 1. The van der Waals surface area contributed by atoms with Crippen molar-refractivity contribution in [1.29, 1.82) is 0 Å². The van der Waals surface area contributed by atoms with Crippen LogP contribution in [-0.4, -0.2) is 30.4 Å². The SMILES string of the molecule is COC(=O)CCc1[nH]nc2c(OC)cccc12. The number of ether oxygens (including phenoxy) is 2. The van der Waals surface area contributed by atoms with Gasteiger partial charge in [0.15, 0.2) is 0 Å². The molecule has 2 rings (SSSR count). The van der Waals surface area contributed by atoms with Crippen molar-refractivity contribution >= 4 is 16.9 Å². The number of rotatable bonds is 4. The van der Waals surface area contributed by atoms with Crippen LogP contribution in [-0.2, 0) is 16.0 Å². The molecule has 0 saturated carbocycles. The number of fused-ring (bicyclic) bond motifs is 1. The van der Waals surface area contributed by atoms with Gasteiger partial charge in [-0.25, -0.2) is 0 Å². The Kier molecular flexibility index (Phi) is 3.27. The van der Waals surface area contributed by atoms with E-state index in [1.54, 1.807) is 7.11 Å². The van der Waals surface area contributed by atoms with E-state index in [0.717, 1.165) is 22.3 Å². The second kappa shape index (κ2) is 4.86. The first kappa shape index (κ1) is 11.4. The number of carbonyl (C=O) groups is 1. The number of hydrogen-bond donors (Lipinski definition) is 1. The van der Waals surface area contributed by atoms with Gasteiger partial charge < -0.3 is 9.47 Å². The van der Waals surface area contributed by atoms with Crippen molar-refractivity contribution in [1.82, 2.24) is 10.2 Å². The number of para-hydroxylation sites is 1. The third-order valence-electron chi connectivity index (χ3n) is 2.65. The summed E-state index contributed by atoms with van der Waals surface area (Å²) in [6.07, 6.45) is 0.918. The Hall–Kier alpha value is -2.04. The van der Waals surface area contributed by atoms with Crippen LogP contribution in [0, 0.1) is 0 Å². The number of carbonyl (C=O) groups excluding carboxylic acids is 1.